The van der Waals surface area contributed by atoms with Crippen molar-refractivity contribution in [3.63, 3.8) is 0 Å². The van der Waals surface area contributed by atoms with Crippen molar-refractivity contribution in [2.24, 2.45) is 12.1 Å². The maximum Gasteiger partial charge on any atom is 0.186 e. The smallest absolute Gasteiger partial charge is 0.186 e. The Morgan fingerprint density at radius 3 is 2.83 bits per heavy atom. The molecular formula is C13H16N4S. The van der Waals surface area contributed by atoms with Gasteiger partial charge in [-0.1, -0.05) is 18.2 Å². The van der Waals surface area contributed by atoms with Gasteiger partial charge in [0.2, 0.25) is 0 Å². The first-order valence-corrected chi connectivity index (χ1v) is 6.10. The number of fused-ring (bicyclic) bond motifs is 1. The molecule has 18 heavy (non-hydrogen) atoms. The fraction of sp³-hybridized carbons (Fsp3) is 0.231. The lowest BCUT2D eigenvalue weighted by molar-refractivity contribution is 0.915. The minimum atomic E-state index is 0.504. The number of para-hydroxylation sites is 1. The van der Waals surface area contributed by atoms with E-state index in [4.69, 9.17) is 12.2 Å². The van der Waals surface area contributed by atoms with Gasteiger partial charge in [-0.05, 0) is 25.2 Å². The summed E-state index contributed by atoms with van der Waals surface area (Å²) in [6.07, 6.45) is 1.81. The van der Waals surface area contributed by atoms with Crippen LogP contribution < -0.4 is 10.7 Å². The van der Waals surface area contributed by atoms with E-state index in [0.717, 1.165) is 5.56 Å². The molecule has 0 bridgehead atoms. The molecule has 1 heterocycles. The van der Waals surface area contributed by atoms with E-state index in [-0.39, 0.29) is 0 Å². The standard InChI is InChI=1S/C13H16N4S/c1-9-11(8-15-16-13(18)14-2)10-6-4-5-7-12(10)17(9)3/h4-8H,1-3H3,(H2,14,16,18)/b15-8+. The molecule has 0 aliphatic heterocycles. The molecule has 94 valence electrons. The Kier molecular flexibility index (Phi) is 3.62. The van der Waals surface area contributed by atoms with Crippen molar-refractivity contribution >= 4 is 34.4 Å². The lowest BCUT2D eigenvalue weighted by atomic mass is 10.1. The van der Waals surface area contributed by atoms with Gasteiger partial charge in [-0.2, -0.15) is 5.10 Å². The number of aromatic nitrogens is 1. The largest absolute Gasteiger partial charge is 0.364 e. The third kappa shape index (κ3) is 2.22. The molecule has 0 saturated carbocycles. The van der Waals surface area contributed by atoms with Gasteiger partial charge in [0.25, 0.3) is 0 Å². The molecule has 5 heteroatoms. The van der Waals surface area contributed by atoms with Gasteiger partial charge in [0, 0.05) is 36.3 Å². The molecule has 2 N–H and O–H groups in total. The first-order chi connectivity index (χ1) is 8.65. The Morgan fingerprint density at radius 1 is 1.39 bits per heavy atom. The number of hydrogen-bond donors (Lipinski definition) is 2. The van der Waals surface area contributed by atoms with E-state index in [1.807, 2.05) is 12.1 Å². The fourth-order valence-corrected chi connectivity index (χ4v) is 1.98. The molecular weight excluding hydrogens is 244 g/mol. The second kappa shape index (κ2) is 5.18. The summed E-state index contributed by atoms with van der Waals surface area (Å²) in [5.74, 6) is 0. The van der Waals surface area contributed by atoms with E-state index in [1.165, 1.54) is 16.6 Å². The van der Waals surface area contributed by atoms with Crippen LogP contribution in [-0.2, 0) is 7.05 Å². The van der Waals surface area contributed by atoms with Crippen LogP contribution in [0.4, 0.5) is 0 Å². The SMILES string of the molecule is CNC(=S)N/N=C/c1c(C)n(C)c2ccccc12. The number of hydrogen-bond acceptors (Lipinski definition) is 2. The summed E-state index contributed by atoms with van der Waals surface area (Å²) in [7, 11) is 3.81. The quantitative estimate of drug-likeness (QED) is 0.492. The molecule has 0 spiro atoms. The van der Waals surface area contributed by atoms with E-state index < -0.39 is 0 Å². The highest BCUT2D eigenvalue weighted by Gasteiger charge is 2.08. The first-order valence-electron chi connectivity index (χ1n) is 5.70. The maximum absolute atomic E-state index is 4.96. The molecule has 0 atom stereocenters. The van der Waals surface area contributed by atoms with Crippen molar-refractivity contribution in [3.8, 4) is 0 Å². The Labute approximate surface area is 112 Å². The summed E-state index contributed by atoms with van der Waals surface area (Å²) in [6, 6.07) is 8.27. The van der Waals surface area contributed by atoms with Crippen LogP contribution in [-0.4, -0.2) is 22.9 Å². The van der Waals surface area contributed by atoms with Gasteiger partial charge in [0.15, 0.2) is 5.11 Å². The van der Waals surface area contributed by atoms with Crippen LogP contribution in [0, 0.1) is 6.92 Å². The molecule has 1 aromatic heterocycles. The van der Waals surface area contributed by atoms with Crippen molar-refractivity contribution in [1.82, 2.24) is 15.3 Å². The summed E-state index contributed by atoms with van der Waals surface area (Å²) in [6.45, 7) is 2.08. The van der Waals surface area contributed by atoms with Crippen molar-refractivity contribution in [2.45, 2.75) is 6.92 Å². The summed E-state index contributed by atoms with van der Waals surface area (Å²) < 4.78 is 2.16. The minimum absolute atomic E-state index is 0.504. The lowest BCUT2D eigenvalue weighted by Gasteiger charge is -2.00. The highest BCUT2D eigenvalue weighted by Crippen LogP contribution is 2.22. The molecule has 0 unspecified atom stereocenters. The van der Waals surface area contributed by atoms with Crippen LogP contribution in [0.25, 0.3) is 10.9 Å². The molecule has 2 aromatic rings. The second-order valence-corrected chi connectivity index (χ2v) is 4.43. The van der Waals surface area contributed by atoms with E-state index in [0.29, 0.717) is 5.11 Å². The molecule has 2 rings (SSSR count). The van der Waals surface area contributed by atoms with E-state index >= 15 is 0 Å². The Balaban J connectivity index is 2.39. The van der Waals surface area contributed by atoms with Gasteiger partial charge >= 0.3 is 0 Å². The predicted molar refractivity (Wildman–Crippen MR) is 80.0 cm³/mol. The van der Waals surface area contributed by atoms with Crippen molar-refractivity contribution < 1.29 is 0 Å². The van der Waals surface area contributed by atoms with Crippen molar-refractivity contribution in [2.75, 3.05) is 7.05 Å². The third-order valence-corrected chi connectivity index (χ3v) is 3.33. The number of aryl methyl sites for hydroxylation is 1. The van der Waals surface area contributed by atoms with Gasteiger partial charge in [-0.3, -0.25) is 5.43 Å². The summed E-state index contributed by atoms with van der Waals surface area (Å²) in [5, 5.41) is 8.65. The van der Waals surface area contributed by atoms with E-state index in [2.05, 4.69) is 46.5 Å². The summed E-state index contributed by atoms with van der Waals surface area (Å²) in [4.78, 5) is 0. The first kappa shape index (κ1) is 12.6. The number of rotatable bonds is 2. The molecule has 0 aliphatic rings. The molecule has 0 saturated heterocycles. The van der Waals surface area contributed by atoms with Crippen molar-refractivity contribution in [3.05, 3.63) is 35.5 Å². The van der Waals surface area contributed by atoms with Crippen LogP contribution in [0.3, 0.4) is 0 Å². The average Bonchev–Trinajstić information content (AvgIpc) is 2.64. The van der Waals surface area contributed by atoms with Crippen LogP contribution in [0.1, 0.15) is 11.3 Å². The minimum Gasteiger partial charge on any atom is -0.364 e. The molecule has 0 fully saturated rings. The Hall–Kier alpha value is -1.88. The average molecular weight is 260 g/mol. The second-order valence-electron chi connectivity index (χ2n) is 4.02. The normalized spacial score (nSPS) is 11.1. The third-order valence-electron chi connectivity index (χ3n) is 3.04. The number of thiocarbonyl (C=S) groups is 1. The van der Waals surface area contributed by atoms with Crippen molar-refractivity contribution in [1.29, 1.82) is 0 Å². The number of hydrazone groups is 1. The molecule has 0 radical (unpaired) electrons. The topological polar surface area (TPSA) is 41.4 Å². The van der Waals surface area contributed by atoms with Crippen LogP contribution >= 0.6 is 12.2 Å². The van der Waals surface area contributed by atoms with E-state index in [9.17, 15) is 0 Å². The van der Waals surface area contributed by atoms with Gasteiger partial charge in [-0.25, -0.2) is 0 Å². The summed E-state index contributed by atoms with van der Waals surface area (Å²) in [5.41, 5.74) is 6.25. The zero-order valence-electron chi connectivity index (χ0n) is 10.7. The monoisotopic (exact) mass is 260 g/mol. The molecule has 0 amide bonds. The predicted octanol–water partition coefficient (Wildman–Crippen LogP) is 1.91. The van der Waals surface area contributed by atoms with Crippen LogP contribution in [0.5, 0.6) is 0 Å². The highest BCUT2D eigenvalue weighted by molar-refractivity contribution is 7.80. The van der Waals surface area contributed by atoms with Crippen LogP contribution in [0.15, 0.2) is 29.4 Å². The molecule has 1 aromatic carbocycles. The number of nitrogens with zero attached hydrogens (tertiary/aromatic N) is 2. The number of nitrogens with one attached hydrogen (secondary N) is 2. The number of benzene rings is 1. The van der Waals surface area contributed by atoms with E-state index in [1.54, 1.807) is 13.3 Å². The van der Waals surface area contributed by atoms with Gasteiger partial charge in [0.05, 0.1) is 6.21 Å². The zero-order valence-corrected chi connectivity index (χ0v) is 11.5. The molecule has 4 nitrogen and oxygen atoms in total. The van der Waals surface area contributed by atoms with Gasteiger partial charge < -0.3 is 9.88 Å². The maximum atomic E-state index is 4.96. The lowest BCUT2D eigenvalue weighted by Crippen LogP contribution is -2.28. The zero-order chi connectivity index (χ0) is 13.1. The Bertz CT molecular complexity index is 613. The molecule has 0 aliphatic carbocycles. The Morgan fingerprint density at radius 2 is 2.11 bits per heavy atom. The highest BCUT2D eigenvalue weighted by atomic mass is 32.1. The fourth-order valence-electron chi connectivity index (χ4n) is 1.92. The van der Waals surface area contributed by atoms with Gasteiger partial charge in [-0.15, -0.1) is 0 Å². The van der Waals surface area contributed by atoms with Gasteiger partial charge in [0.1, 0.15) is 0 Å². The van der Waals surface area contributed by atoms with Crippen LogP contribution in [0.2, 0.25) is 0 Å². The summed E-state index contributed by atoms with van der Waals surface area (Å²) >= 11 is 4.96.